The number of rotatable bonds is 4. The number of para-hydroxylation sites is 1. The number of anilines is 1. The molecule has 1 amide bonds. The summed E-state index contributed by atoms with van der Waals surface area (Å²) in [6, 6.07) is 9.77. The molecule has 0 atom stereocenters. The molecule has 6 nitrogen and oxygen atoms in total. The summed E-state index contributed by atoms with van der Waals surface area (Å²) in [5, 5.41) is 17.3. The Kier molecular flexibility index (Phi) is 4.79. The molecule has 1 aromatic carbocycles. The maximum absolute atomic E-state index is 12.6. The van der Waals surface area contributed by atoms with Crippen molar-refractivity contribution in [2.45, 2.75) is 44.9 Å². The summed E-state index contributed by atoms with van der Waals surface area (Å²) in [7, 11) is 0. The number of amides is 1. The van der Waals surface area contributed by atoms with E-state index in [1.807, 2.05) is 37.3 Å². The minimum absolute atomic E-state index is 0.198. The molecule has 4 rings (SSSR count). The second-order valence-electron chi connectivity index (χ2n) is 6.63. The van der Waals surface area contributed by atoms with Crippen LogP contribution >= 0.6 is 11.3 Å². The zero-order chi connectivity index (χ0) is 17.9. The van der Waals surface area contributed by atoms with Crippen LogP contribution in [0.2, 0.25) is 0 Å². The van der Waals surface area contributed by atoms with Gasteiger partial charge in [-0.1, -0.05) is 48.8 Å². The first kappa shape index (κ1) is 16.9. The first-order chi connectivity index (χ1) is 12.7. The fourth-order valence-electron chi connectivity index (χ4n) is 3.43. The minimum atomic E-state index is -0.198. The Morgan fingerprint density at radius 1 is 1.15 bits per heavy atom. The van der Waals surface area contributed by atoms with Gasteiger partial charge in [0.05, 0.1) is 23.1 Å². The number of carbonyl (C=O) groups is 1. The molecule has 1 N–H and O–H groups in total. The molecule has 26 heavy (non-hydrogen) atoms. The van der Waals surface area contributed by atoms with Gasteiger partial charge in [-0.05, 0) is 31.9 Å². The molecule has 0 bridgehead atoms. The third kappa shape index (κ3) is 3.39. The van der Waals surface area contributed by atoms with Crippen LogP contribution in [0, 0.1) is 6.92 Å². The number of carbonyl (C=O) groups excluding carboxylic acids is 1. The molecule has 1 fully saturated rings. The minimum Gasteiger partial charge on any atom is -0.296 e. The Bertz CT molecular complexity index is 896. The number of nitrogens with one attached hydrogen (secondary N) is 1. The maximum atomic E-state index is 12.6. The Morgan fingerprint density at radius 3 is 2.69 bits per heavy atom. The van der Waals surface area contributed by atoms with Crippen LogP contribution in [0.5, 0.6) is 0 Å². The van der Waals surface area contributed by atoms with Gasteiger partial charge in [-0.3, -0.25) is 10.1 Å². The summed E-state index contributed by atoms with van der Waals surface area (Å²) in [6.45, 7) is 1.89. The number of benzene rings is 1. The van der Waals surface area contributed by atoms with Crippen molar-refractivity contribution >= 4 is 22.4 Å². The monoisotopic (exact) mass is 367 g/mol. The highest BCUT2D eigenvalue weighted by Gasteiger charge is 2.21. The molecule has 2 heterocycles. The number of nitrogens with zero attached hydrogens (tertiary/aromatic N) is 4. The lowest BCUT2D eigenvalue weighted by molar-refractivity contribution is 0.102. The van der Waals surface area contributed by atoms with E-state index in [0.29, 0.717) is 16.6 Å². The summed E-state index contributed by atoms with van der Waals surface area (Å²) < 4.78 is 1.77. The molecule has 1 saturated carbocycles. The molecule has 1 aliphatic carbocycles. The Morgan fingerprint density at radius 2 is 1.92 bits per heavy atom. The van der Waals surface area contributed by atoms with Gasteiger partial charge in [0.2, 0.25) is 5.13 Å². The lowest BCUT2D eigenvalue weighted by Crippen LogP contribution is -2.13. The predicted molar refractivity (Wildman–Crippen MR) is 102 cm³/mol. The van der Waals surface area contributed by atoms with E-state index in [-0.39, 0.29) is 5.91 Å². The van der Waals surface area contributed by atoms with E-state index in [4.69, 9.17) is 0 Å². The van der Waals surface area contributed by atoms with Gasteiger partial charge in [0.25, 0.3) is 5.91 Å². The first-order valence-electron chi connectivity index (χ1n) is 8.97. The fraction of sp³-hybridized carbons (Fsp3) is 0.368. The topological polar surface area (TPSA) is 72.7 Å². The van der Waals surface area contributed by atoms with Gasteiger partial charge in [-0.2, -0.15) is 5.10 Å². The number of hydrogen-bond acceptors (Lipinski definition) is 5. The molecule has 1 aliphatic rings. The van der Waals surface area contributed by atoms with Crippen LogP contribution in [0.1, 0.15) is 59.1 Å². The largest absolute Gasteiger partial charge is 0.296 e. The van der Waals surface area contributed by atoms with Crippen LogP contribution in [0.15, 0.2) is 36.5 Å². The second kappa shape index (κ2) is 7.37. The number of aromatic nitrogens is 4. The summed E-state index contributed by atoms with van der Waals surface area (Å²) >= 11 is 1.49. The quantitative estimate of drug-likeness (QED) is 0.745. The van der Waals surface area contributed by atoms with Gasteiger partial charge in [0.1, 0.15) is 5.01 Å². The molecule has 134 valence electrons. The Labute approximate surface area is 156 Å². The van der Waals surface area contributed by atoms with Crippen molar-refractivity contribution in [1.29, 1.82) is 0 Å². The van der Waals surface area contributed by atoms with Gasteiger partial charge < -0.3 is 0 Å². The average Bonchev–Trinajstić information content (AvgIpc) is 3.30. The van der Waals surface area contributed by atoms with Gasteiger partial charge in [0, 0.05) is 5.92 Å². The lowest BCUT2D eigenvalue weighted by Gasteiger charge is -2.18. The molecule has 7 heteroatoms. The van der Waals surface area contributed by atoms with Crippen molar-refractivity contribution < 1.29 is 4.79 Å². The number of hydrogen-bond donors (Lipinski definition) is 1. The molecule has 0 unspecified atom stereocenters. The van der Waals surface area contributed by atoms with Gasteiger partial charge in [-0.15, -0.1) is 10.2 Å². The average molecular weight is 367 g/mol. The standard InChI is InChI=1S/C19H21N5OS/c1-13-16(12-20-24(13)15-10-6-3-7-11-15)17(25)21-19-23-22-18(26-19)14-8-4-2-5-9-14/h3,6-7,10-12,14H,2,4-5,8-9H2,1H3,(H,21,23,25). The van der Waals surface area contributed by atoms with E-state index in [0.717, 1.165) is 16.4 Å². The summed E-state index contributed by atoms with van der Waals surface area (Å²) in [6.07, 6.45) is 7.76. The molecular formula is C19H21N5OS. The van der Waals surface area contributed by atoms with Crippen LogP contribution in [-0.2, 0) is 0 Å². The van der Waals surface area contributed by atoms with Gasteiger partial charge in [0.15, 0.2) is 0 Å². The van der Waals surface area contributed by atoms with Crippen molar-refractivity contribution in [3.8, 4) is 5.69 Å². The third-order valence-electron chi connectivity index (χ3n) is 4.87. The molecule has 0 spiro atoms. The molecule has 0 radical (unpaired) electrons. The van der Waals surface area contributed by atoms with E-state index in [9.17, 15) is 4.79 Å². The van der Waals surface area contributed by atoms with Crippen molar-refractivity contribution in [2.24, 2.45) is 0 Å². The summed E-state index contributed by atoms with van der Waals surface area (Å²) in [5.74, 6) is 0.297. The van der Waals surface area contributed by atoms with E-state index in [1.165, 1.54) is 43.4 Å². The SMILES string of the molecule is Cc1c(C(=O)Nc2nnc(C3CCCCC3)s2)cnn1-c1ccccc1. The Hall–Kier alpha value is -2.54. The molecular weight excluding hydrogens is 346 g/mol. The summed E-state index contributed by atoms with van der Waals surface area (Å²) in [4.78, 5) is 12.6. The first-order valence-corrected chi connectivity index (χ1v) is 9.79. The van der Waals surface area contributed by atoms with Crippen LogP contribution < -0.4 is 5.32 Å². The Balaban J connectivity index is 1.49. The highest BCUT2D eigenvalue weighted by atomic mass is 32.1. The molecule has 2 aromatic heterocycles. The molecule has 0 saturated heterocycles. The lowest BCUT2D eigenvalue weighted by atomic mass is 9.90. The molecule has 3 aromatic rings. The van der Waals surface area contributed by atoms with Crippen LogP contribution in [0.25, 0.3) is 5.69 Å². The van der Waals surface area contributed by atoms with Crippen LogP contribution in [0.4, 0.5) is 5.13 Å². The van der Waals surface area contributed by atoms with E-state index in [2.05, 4.69) is 20.6 Å². The summed E-state index contributed by atoms with van der Waals surface area (Å²) in [5.41, 5.74) is 2.27. The van der Waals surface area contributed by atoms with Crippen molar-refractivity contribution in [3.05, 3.63) is 52.8 Å². The second-order valence-corrected chi connectivity index (χ2v) is 7.63. The maximum Gasteiger partial charge on any atom is 0.260 e. The van der Waals surface area contributed by atoms with E-state index >= 15 is 0 Å². The van der Waals surface area contributed by atoms with Crippen LogP contribution in [-0.4, -0.2) is 25.9 Å². The van der Waals surface area contributed by atoms with E-state index in [1.54, 1.807) is 10.9 Å². The van der Waals surface area contributed by atoms with E-state index < -0.39 is 0 Å². The third-order valence-corrected chi connectivity index (χ3v) is 5.87. The van der Waals surface area contributed by atoms with Crippen molar-refractivity contribution in [3.63, 3.8) is 0 Å². The fourth-order valence-corrected chi connectivity index (χ4v) is 4.33. The zero-order valence-electron chi connectivity index (χ0n) is 14.7. The van der Waals surface area contributed by atoms with Gasteiger partial charge >= 0.3 is 0 Å². The van der Waals surface area contributed by atoms with Crippen molar-refractivity contribution in [1.82, 2.24) is 20.0 Å². The normalized spacial score (nSPS) is 15.1. The van der Waals surface area contributed by atoms with Gasteiger partial charge in [-0.25, -0.2) is 4.68 Å². The van der Waals surface area contributed by atoms with Crippen molar-refractivity contribution in [2.75, 3.05) is 5.32 Å². The predicted octanol–water partition coefficient (Wildman–Crippen LogP) is 4.33. The highest BCUT2D eigenvalue weighted by molar-refractivity contribution is 7.15. The highest BCUT2D eigenvalue weighted by Crippen LogP contribution is 2.35. The zero-order valence-corrected chi connectivity index (χ0v) is 15.5. The smallest absolute Gasteiger partial charge is 0.260 e. The molecule has 0 aliphatic heterocycles. The van der Waals surface area contributed by atoms with Crippen LogP contribution in [0.3, 0.4) is 0 Å².